The van der Waals surface area contributed by atoms with Crippen LogP contribution >= 0.6 is 22.7 Å². The summed E-state index contributed by atoms with van der Waals surface area (Å²) in [6.07, 6.45) is 4.19. The van der Waals surface area contributed by atoms with Gasteiger partial charge in [0.1, 0.15) is 5.69 Å². The smallest absolute Gasteiger partial charge is 0.277 e. The summed E-state index contributed by atoms with van der Waals surface area (Å²) < 4.78 is 0.599. The topological polar surface area (TPSA) is 153 Å². The molecule has 13 heteroatoms. The lowest BCUT2D eigenvalue weighted by molar-refractivity contribution is -0.384. The van der Waals surface area contributed by atoms with Gasteiger partial charge in [0, 0.05) is 29.9 Å². The Hall–Kier alpha value is -3.84. The number of nitro groups is 1. The first kappa shape index (κ1) is 19.5. The minimum atomic E-state index is -0.486. The van der Waals surface area contributed by atoms with Gasteiger partial charge in [-0.2, -0.15) is 0 Å². The molecular formula is C17H11N7O4S2. The van der Waals surface area contributed by atoms with Gasteiger partial charge >= 0.3 is 0 Å². The molecule has 0 unspecified atom stereocenters. The van der Waals surface area contributed by atoms with Gasteiger partial charge in [-0.1, -0.05) is 11.3 Å². The van der Waals surface area contributed by atoms with Crippen molar-refractivity contribution >= 4 is 60.7 Å². The summed E-state index contributed by atoms with van der Waals surface area (Å²) >= 11 is 2.32. The van der Waals surface area contributed by atoms with E-state index >= 15 is 0 Å². The van der Waals surface area contributed by atoms with Gasteiger partial charge in [0.25, 0.3) is 11.6 Å². The van der Waals surface area contributed by atoms with Crippen molar-refractivity contribution in [3.63, 3.8) is 0 Å². The molecule has 0 fully saturated rings. The summed E-state index contributed by atoms with van der Waals surface area (Å²) in [5.74, 6) is -0.794. The summed E-state index contributed by atoms with van der Waals surface area (Å²) in [5.41, 5.74) is 1.15. The average molecular weight is 441 g/mol. The predicted molar refractivity (Wildman–Crippen MR) is 111 cm³/mol. The molecule has 150 valence electrons. The number of nitrogens with zero attached hydrogens (tertiary/aromatic N) is 5. The van der Waals surface area contributed by atoms with Gasteiger partial charge in [-0.15, -0.1) is 11.3 Å². The number of carbonyl (C=O) groups excluding carboxylic acids is 2. The van der Waals surface area contributed by atoms with Crippen molar-refractivity contribution in [3.8, 4) is 0 Å². The number of non-ortho nitro benzene ring substituents is 1. The molecule has 2 amide bonds. The van der Waals surface area contributed by atoms with E-state index in [1.807, 2.05) is 0 Å². The number of benzene rings is 1. The maximum atomic E-state index is 12.3. The zero-order valence-corrected chi connectivity index (χ0v) is 16.6. The summed E-state index contributed by atoms with van der Waals surface area (Å²) in [5, 5.41) is 18.5. The number of carbonyl (C=O) groups is 2. The normalized spacial score (nSPS) is 10.7. The molecule has 3 aromatic heterocycles. The molecule has 0 saturated heterocycles. The lowest BCUT2D eigenvalue weighted by Gasteiger charge is -2.00. The number of hydrogen-bond donors (Lipinski definition) is 2. The van der Waals surface area contributed by atoms with E-state index in [4.69, 9.17) is 0 Å². The summed E-state index contributed by atoms with van der Waals surface area (Å²) in [6.45, 7) is 0. The molecule has 0 bridgehead atoms. The zero-order valence-electron chi connectivity index (χ0n) is 14.9. The van der Waals surface area contributed by atoms with Gasteiger partial charge < -0.3 is 5.32 Å². The van der Waals surface area contributed by atoms with Crippen molar-refractivity contribution in [2.45, 2.75) is 6.42 Å². The number of anilines is 2. The third kappa shape index (κ3) is 4.42. The van der Waals surface area contributed by atoms with Gasteiger partial charge in [0.15, 0.2) is 10.3 Å². The Morgan fingerprint density at radius 1 is 1.13 bits per heavy atom. The minimum absolute atomic E-state index is 0.0203. The second kappa shape index (κ2) is 8.26. The Morgan fingerprint density at radius 3 is 2.77 bits per heavy atom. The van der Waals surface area contributed by atoms with Crippen LogP contribution in [0.25, 0.3) is 10.2 Å². The molecule has 0 spiro atoms. The molecule has 0 saturated carbocycles. The highest BCUT2D eigenvalue weighted by Crippen LogP contribution is 2.29. The molecule has 3 heterocycles. The van der Waals surface area contributed by atoms with Crippen molar-refractivity contribution < 1.29 is 14.5 Å². The molecule has 30 heavy (non-hydrogen) atoms. The van der Waals surface area contributed by atoms with Crippen LogP contribution in [0.5, 0.6) is 0 Å². The number of amides is 2. The van der Waals surface area contributed by atoms with E-state index in [2.05, 4.69) is 30.6 Å². The number of aromatic nitrogens is 4. The van der Waals surface area contributed by atoms with Crippen LogP contribution in [-0.4, -0.2) is 36.7 Å². The Labute approximate surface area is 176 Å². The molecule has 0 radical (unpaired) electrons. The first-order valence-electron chi connectivity index (χ1n) is 8.34. The first-order chi connectivity index (χ1) is 14.5. The van der Waals surface area contributed by atoms with Gasteiger partial charge in [0.05, 0.1) is 33.5 Å². The largest absolute Gasteiger partial charge is 0.302 e. The van der Waals surface area contributed by atoms with E-state index in [9.17, 15) is 19.7 Å². The van der Waals surface area contributed by atoms with Crippen LogP contribution in [0.4, 0.5) is 16.0 Å². The van der Waals surface area contributed by atoms with Gasteiger partial charge in [0.2, 0.25) is 5.91 Å². The third-order valence-electron chi connectivity index (χ3n) is 3.74. The molecule has 0 aliphatic rings. The van der Waals surface area contributed by atoms with Gasteiger partial charge in [-0.3, -0.25) is 30.0 Å². The minimum Gasteiger partial charge on any atom is -0.302 e. The average Bonchev–Trinajstić information content (AvgIpc) is 3.33. The monoisotopic (exact) mass is 441 g/mol. The van der Waals surface area contributed by atoms with Crippen LogP contribution in [0.3, 0.4) is 0 Å². The van der Waals surface area contributed by atoms with Crippen molar-refractivity contribution in [2.24, 2.45) is 0 Å². The quantitative estimate of drug-likeness (QED) is 0.342. The van der Waals surface area contributed by atoms with Crippen molar-refractivity contribution in [1.82, 2.24) is 19.9 Å². The highest BCUT2D eigenvalue weighted by molar-refractivity contribution is 7.22. The molecule has 1 aromatic carbocycles. The Bertz CT molecular complexity index is 1260. The molecule has 4 aromatic rings. The number of rotatable bonds is 6. The molecule has 11 nitrogen and oxygen atoms in total. The van der Waals surface area contributed by atoms with E-state index < -0.39 is 10.8 Å². The van der Waals surface area contributed by atoms with Crippen molar-refractivity contribution in [3.05, 3.63) is 63.7 Å². The fraction of sp³-hybridized carbons (Fsp3) is 0.0588. The van der Waals surface area contributed by atoms with E-state index in [1.165, 1.54) is 48.1 Å². The number of fused-ring (bicyclic) bond motifs is 1. The zero-order chi connectivity index (χ0) is 21.1. The molecule has 0 aliphatic carbocycles. The van der Waals surface area contributed by atoms with Crippen LogP contribution in [-0.2, 0) is 11.2 Å². The Kier molecular flexibility index (Phi) is 5.36. The lowest BCUT2D eigenvalue weighted by atomic mass is 10.3. The Balaban J connectivity index is 1.38. The van der Waals surface area contributed by atoms with Crippen LogP contribution in [0.15, 0.2) is 42.2 Å². The van der Waals surface area contributed by atoms with E-state index in [0.717, 1.165) is 11.3 Å². The Morgan fingerprint density at radius 2 is 2.00 bits per heavy atom. The van der Waals surface area contributed by atoms with Gasteiger partial charge in [-0.25, -0.2) is 15.0 Å². The van der Waals surface area contributed by atoms with Crippen LogP contribution in [0.2, 0.25) is 0 Å². The van der Waals surface area contributed by atoms with E-state index in [1.54, 1.807) is 5.38 Å². The van der Waals surface area contributed by atoms with Crippen LogP contribution < -0.4 is 10.6 Å². The fourth-order valence-electron chi connectivity index (χ4n) is 2.43. The summed E-state index contributed by atoms with van der Waals surface area (Å²) in [7, 11) is 0. The molecule has 0 atom stereocenters. The van der Waals surface area contributed by atoms with Crippen molar-refractivity contribution in [2.75, 3.05) is 10.6 Å². The number of hydrogen-bond acceptors (Lipinski definition) is 10. The predicted octanol–water partition coefficient (Wildman–Crippen LogP) is 2.88. The second-order valence-corrected chi connectivity index (χ2v) is 7.73. The van der Waals surface area contributed by atoms with Crippen LogP contribution in [0, 0.1) is 10.1 Å². The molecular weight excluding hydrogens is 430 g/mol. The number of thiazole rings is 2. The second-order valence-electron chi connectivity index (χ2n) is 5.84. The van der Waals surface area contributed by atoms with E-state index in [-0.39, 0.29) is 23.7 Å². The van der Waals surface area contributed by atoms with Gasteiger partial charge in [-0.05, 0) is 6.07 Å². The maximum absolute atomic E-state index is 12.3. The highest BCUT2D eigenvalue weighted by atomic mass is 32.1. The fourth-order valence-corrected chi connectivity index (χ4v) is 4.05. The summed E-state index contributed by atoms with van der Waals surface area (Å²) in [6, 6.07) is 4.31. The molecule has 2 N–H and O–H groups in total. The third-order valence-corrected chi connectivity index (χ3v) is 5.48. The standard InChI is InChI=1S/C17H11N7O4S2/c25-14(22-17-21-11-2-1-10(24(27)28)6-13(11)30-17)5-9-8-29-16(20-9)23-15(26)12-7-18-3-4-19-12/h1-4,6-8H,5H2,(H,20,23,26)(H,21,22,25). The number of nitro benzene ring substituents is 1. The SMILES string of the molecule is O=C(Cc1csc(NC(=O)c2cnccn2)n1)Nc1nc2ccc([N+](=O)[O-])cc2s1. The van der Waals surface area contributed by atoms with E-state index in [0.29, 0.717) is 26.2 Å². The first-order valence-corrected chi connectivity index (χ1v) is 10.0. The van der Waals surface area contributed by atoms with Crippen LogP contribution in [0.1, 0.15) is 16.2 Å². The highest BCUT2D eigenvalue weighted by Gasteiger charge is 2.15. The number of nitrogens with one attached hydrogen (secondary N) is 2. The maximum Gasteiger partial charge on any atom is 0.277 e. The summed E-state index contributed by atoms with van der Waals surface area (Å²) in [4.78, 5) is 50.9. The van der Waals surface area contributed by atoms with Crippen molar-refractivity contribution in [1.29, 1.82) is 0 Å². The molecule has 4 rings (SSSR count). The lowest BCUT2D eigenvalue weighted by Crippen LogP contribution is -2.15. The molecule has 0 aliphatic heterocycles.